The summed E-state index contributed by atoms with van der Waals surface area (Å²) < 4.78 is 13.7. The molecule has 0 saturated heterocycles. The van der Waals surface area contributed by atoms with E-state index in [0.717, 1.165) is 6.07 Å². The molecule has 2 aromatic carbocycles. The van der Waals surface area contributed by atoms with Crippen LogP contribution >= 0.6 is 23.2 Å². The number of rotatable bonds is 3. The fraction of sp³-hybridized carbons (Fsp3) is 0.0667. The molecule has 0 heterocycles. The molecule has 2 amide bonds. The molecule has 0 saturated carbocycles. The first kappa shape index (κ1) is 16.3. The minimum absolute atomic E-state index is 0.222. The number of amides is 2. The molecule has 0 radical (unpaired) electrons. The van der Waals surface area contributed by atoms with E-state index in [9.17, 15) is 19.1 Å². The van der Waals surface area contributed by atoms with Crippen LogP contribution in [0.3, 0.4) is 0 Å². The van der Waals surface area contributed by atoms with Gasteiger partial charge in [-0.25, -0.2) is 14.1 Å². The van der Waals surface area contributed by atoms with E-state index in [1.807, 2.05) is 0 Å². The van der Waals surface area contributed by atoms with E-state index in [1.54, 1.807) is 0 Å². The van der Waals surface area contributed by atoms with Crippen molar-refractivity contribution in [2.45, 2.75) is 6.54 Å². The zero-order valence-corrected chi connectivity index (χ0v) is 12.6. The van der Waals surface area contributed by atoms with Crippen LogP contribution in [0, 0.1) is 5.82 Å². The predicted octanol–water partition coefficient (Wildman–Crippen LogP) is 4.45. The Morgan fingerprint density at radius 3 is 2.41 bits per heavy atom. The molecule has 7 heteroatoms. The molecule has 0 unspecified atom stereocenters. The molecular weight excluding hydrogens is 332 g/mol. The van der Waals surface area contributed by atoms with Gasteiger partial charge in [0, 0.05) is 10.0 Å². The molecule has 0 bridgehead atoms. The van der Waals surface area contributed by atoms with Crippen LogP contribution in [0.2, 0.25) is 10.0 Å². The van der Waals surface area contributed by atoms with Crippen LogP contribution in [0.15, 0.2) is 42.5 Å². The maximum absolute atomic E-state index is 13.7. The normalized spacial score (nSPS) is 10.3. The Labute approximate surface area is 135 Å². The number of benzene rings is 2. The summed E-state index contributed by atoms with van der Waals surface area (Å²) in [7, 11) is 0. The van der Waals surface area contributed by atoms with Gasteiger partial charge in [-0.3, -0.25) is 4.79 Å². The molecule has 0 spiro atoms. The Bertz CT molecular complexity index is 736. The lowest BCUT2D eigenvalue weighted by atomic mass is 10.1. The summed E-state index contributed by atoms with van der Waals surface area (Å²) in [6, 6.07) is 9.64. The highest BCUT2D eigenvalue weighted by Gasteiger charge is 2.25. The van der Waals surface area contributed by atoms with Gasteiger partial charge in [-0.2, -0.15) is 0 Å². The molecule has 0 aliphatic rings. The molecule has 4 nitrogen and oxygen atoms in total. The molecule has 0 aromatic heterocycles. The summed E-state index contributed by atoms with van der Waals surface area (Å²) in [5.74, 6) is -1.75. The van der Waals surface area contributed by atoms with Gasteiger partial charge in [0.25, 0.3) is 5.91 Å². The number of nitrogens with zero attached hydrogens (tertiary/aromatic N) is 1. The first-order valence-corrected chi connectivity index (χ1v) is 6.89. The highest BCUT2D eigenvalue weighted by Crippen LogP contribution is 2.23. The number of imide groups is 1. The van der Waals surface area contributed by atoms with Crippen molar-refractivity contribution in [1.82, 2.24) is 4.90 Å². The molecule has 1 N–H and O–H groups in total. The van der Waals surface area contributed by atoms with Crippen molar-refractivity contribution in [3.05, 3.63) is 69.5 Å². The zero-order valence-electron chi connectivity index (χ0n) is 11.1. The Morgan fingerprint density at radius 1 is 1.14 bits per heavy atom. The maximum Gasteiger partial charge on any atom is 0.414 e. The number of carbonyl (C=O) groups is 2. The second kappa shape index (κ2) is 6.77. The average Bonchev–Trinajstić information content (AvgIpc) is 2.46. The predicted molar refractivity (Wildman–Crippen MR) is 80.8 cm³/mol. The zero-order chi connectivity index (χ0) is 16.3. The van der Waals surface area contributed by atoms with Gasteiger partial charge < -0.3 is 5.11 Å². The first-order chi connectivity index (χ1) is 10.4. The number of carboxylic acid groups (broad SMARTS) is 1. The van der Waals surface area contributed by atoms with Gasteiger partial charge in [0.2, 0.25) is 0 Å². The number of hydrogen-bond donors (Lipinski definition) is 1. The lowest BCUT2D eigenvalue weighted by Crippen LogP contribution is -2.35. The first-order valence-electron chi connectivity index (χ1n) is 6.13. The van der Waals surface area contributed by atoms with E-state index in [4.69, 9.17) is 23.2 Å². The smallest absolute Gasteiger partial charge is 0.414 e. The van der Waals surface area contributed by atoms with E-state index >= 15 is 0 Å². The minimum Gasteiger partial charge on any atom is -0.465 e. The van der Waals surface area contributed by atoms with Gasteiger partial charge in [0.05, 0.1) is 12.1 Å². The molecular formula is C15H10Cl2FNO3. The van der Waals surface area contributed by atoms with Crippen LogP contribution in [-0.4, -0.2) is 22.0 Å². The minimum atomic E-state index is -1.50. The van der Waals surface area contributed by atoms with E-state index in [2.05, 4.69) is 0 Å². The van der Waals surface area contributed by atoms with E-state index < -0.39 is 17.8 Å². The summed E-state index contributed by atoms with van der Waals surface area (Å²) in [6.45, 7) is -0.307. The van der Waals surface area contributed by atoms with Crippen molar-refractivity contribution < 1.29 is 19.1 Å². The van der Waals surface area contributed by atoms with Crippen LogP contribution in [-0.2, 0) is 6.54 Å². The van der Waals surface area contributed by atoms with Gasteiger partial charge in [0.1, 0.15) is 5.82 Å². The summed E-state index contributed by atoms with van der Waals surface area (Å²) >= 11 is 11.7. The van der Waals surface area contributed by atoms with E-state index in [-0.39, 0.29) is 17.1 Å². The summed E-state index contributed by atoms with van der Waals surface area (Å²) in [6.07, 6.45) is -1.50. The highest BCUT2D eigenvalue weighted by atomic mass is 35.5. The number of halogens is 3. The van der Waals surface area contributed by atoms with Crippen molar-refractivity contribution in [3.63, 3.8) is 0 Å². The third kappa shape index (κ3) is 3.55. The third-order valence-electron chi connectivity index (χ3n) is 2.92. The molecule has 22 heavy (non-hydrogen) atoms. The lowest BCUT2D eigenvalue weighted by molar-refractivity contribution is 0.0725. The topological polar surface area (TPSA) is 57.6 Å². The van der Waals surface area contributed by atoms with E-state index in [0.29, 0.717) is 15.5 Å². The Morgan fingerprint density at radius 2 is 1.82 bits per heavy atom. The molecule has 2 rings (SSSR count). The van der Waals surface area contributed by atoms with Crippen LogP contribution in [0.4, 0.5) is 9.18 Å². The number of hydrogen-bond acceptors (Lipinski definition) is 2. The van der Waals surface area contributed by atoms with Gasteiger partial charge in [0.15, 0.2) is 0 Å². The van der Waals surface area contributed by atoms with Crippen LogP contribution in [0.5, 0.6) is 0 Å². The Kier molecular flexibility index (Phi) is 5.00. The molecule has 0 atom stereocenters. The maximum atomic E-state index is 13.7. The van der Waals surface area contributed by atoms with Crippen molar-refractivity contribution in [3.8, 4) is 0 Å². The number of carbonyl (C=O) groups excluding carboxylic acids is 1. The van der Waals surface area contributed by atoms with Gasteiger partial charge in [-0.15, -0.1) is 0 Å². The highest BCUT2D eigenvalue weighted by molar-refractivity contribution is 6.35. The van der Waals surface area contributed by atoms with E-state index in [1.165, 1.54) is 36.4 Å². The molecule has 2 aromatic rings. The third-order valence-corrected chi connectivity index (χ3v) is 3.51. The lowest BCUT2D eigenvalue weighted by Gasteiger charge is -2.18. The second-order valence-electron chi connectivity index (χ2n) is 4.39. The van der Waals surface area contributed by atoms with Crippen LogP contribution in [0.1, 0.15) is 15.9 Å². The summed E-state index contributed by atoms with van der Waals surface area (Å²) in [5, 5.41) is 9.82. The van der Waals surface area contributed by atoms with Crippen molar-refractivity contribution in [2.24, 2.45) is 0 Å². The average molecular weight is 342 g/mol. The van der Waals surface area contributed by atoms with Gasteiger partial charge in [-0.05, 0) is 29.8 Å². The van der Waals surface area contributed by atoms with Crippen molar-refractivity contribution in [2.75, 3.05) is 0 Å². The molecule has 0 fully saturated rings. The Hall–Kier alpha value is -2.11. The van der Waals surface area contributed by atoms with Gasteiger partial charge >= 0.3 is 6.09 Å². The van der Waals surface area contributed by atoms with Crippen LogP contribution < -0.4 is 0 Å². The van der Waals surface area contributed by atoms with Gasteiger partial charge in [-0.1, -0.05) is 41.4 Å². The molecule has 114 valence electrons. The van der Waals surface area contributed by atoms with Crippen molar-refractivity contribution >= 4 is 35.2 Å². The standard InChI is InChI=1S/C15H10Cl2FNO3/c16-10-6-5-9(12(17)7-10)8-19(15(21)22)14(20)11-3-1-2-4-13(11)18/h1-7H,8H2,(H,21,22). The fourth-order valence-electron chi connectivity index (χ4n) is 1.83. The molecule has 0 aliphatic heterocycles. The van der Waals surface area contributed by atoms with Crippen molar-refractivity contribution in [1.29, 1.82) is 0 Å². The fourth-order valence-corrected chi connectivity index (χ4v) is 2.29. The quantitative estimate of drug-likeness (QED) is 0.896. The second-order valence-corrected chi connectivity index (χ2v) is 5.23. The summed E-state index contributed by atoms with van der Waals surface area (Å²) in [4.78, 5) is 24.0. The summed E-state index contributed by atoms with van der Waals surface area (Å²) in [5.41, 5.74) is 0.0631. The monoisotopic (exact) mass is 341 g/mol. The SMILES string of the molecule is O=C(O)N(Cc1ccc(Cl)cc1Cl)C(=O)c1ccccc1F. The Balaban J connectivity index is 2.33. The largest absolute Gasteiger partial charge is 0.465 e. The van der Waals surface area contributed by atoms with Crippen LogP contribution in [0.25, 0.3) is 0 Å². The molecule has 0 aliphatic carbocycles.